The Morgan fingerprint density at radius 1 is 1.17 bits per heavy atom. The van der Waals surface area contributed by atoms with Gasteiger partial charge in [-0.05, 0) is 48.6 Å². The second kappa shape index (κ2) is 7.69. The smallest absolute Gasteiger partial charge is 0.185 e. The van der Waals surface area contributed by atoms with E-state index in [-0.39, 0.29) is 5.78 Å². The first kappa shape index (κ1) is 16.9. The third kappa shape index (κ3) is 5.03. The number of ether oxygens (including phenoxy) is 1. The lowest BCUT2D eigenvalue weighted by Gasteiger charge is -2.06. The number of hydrogen-bond donors (Lipinski definition) is 0. The topological polar surface area (TPSA) is 66.4 Å². The van der Waals surface area contributed by atoms with E-state index >= 15 is 0 Å². The van der Waals surface area contributed by atoms with Crippen LogP contribution >= 0.6 is 15.9 Å². The summed E-state index contributed by atoms with van der Waals surface area (Å²) in [4.78, 5) is 22.3. The number of benzene rings is 2. The molecule has 0 N–H and O–H groups in total. The molecule has 2 rings (SSSR count). The van der Waals surface area contributed by atoms with Crippen molar-refractivity contribution >= 4 is 33.8 Å². The number of carboxylic acid groups (broad SMARTS) is 1. The molecule has 0 aliphatic rings. The first-order chi connectivity index (χ1) is 11.0. The summed E-state index contributed by atoms with van der Waals surface area (Å²) >= 11 is 3.16. The second-order valence-corrected chi connectivity index (χ2v) is 5.46. The minimum atomic E-state index is -1.33. The molecule has 0 aliphatic heterocycles. The lowest BCUT2D eigenvalue weighted by Crippen LogP contribution is -2.28. The van der Waals surface area contributed by atoms with Crippen molar-refractivity contribution in [3.8, 4) is 5.75 Å². The lowest BCUT2D eigenvalue weighted by atomic mass is 10.1. The molecular weight excluding hydrogens is 367 g/mol. The van der Waals surface area contributed by atoms with E-state index in [1.165, 1.54) is 42.5 Å². The van der Waals surface area contributed by atoms with Gasteiger partial charge < -0.3 is 14.6 Å². The maximum absolute atomic E-state index is 13.6. The summed E-state index contributed by atoms with van der Waals surface area (Å²) < 4.78 is 19.2. The van der Waals surface area contributed by atoms with E-state index in [4.69, 9.17) is 4.74 Å². The largest absolute Gasteiger partial charge is 0.546 e. The zero-order valence-corrected chi connectivity index (χ0v) is 13.4. The summed E-state index contributed by atoms with van der Waals surface area (Å²) in [5.74, 6) is -1.76. The molecule has 0 saturated carbocycles. The number of carbonyl (C=O) groups is 2. The Balaban J connectivity index is 2.05. The van der Waals surface area contributed by atoms with Crippen molar-refractivity contribution in [1.29, 1.82) is 0 Å². The van der Waals surface area contributed by atoms with E-state index in [2.05, 4.69) is 15.9 Å². The van der Waals surface area contributed by atoms with Gasteiger partial charge in [0.2, 0.25) is 0 Å². The quantitative estimate of drug-likeness (QED) is 0.573. The molecule has 0 amide bonds. The van der Waals surface area contributed by atoms with Crippen LogP contribution < -0.4 is 9.84 Å². The van der Waals surface area contributed by atoms with Gasteiger partial charge in [-0.15, -0.1) is 0 Å². The van der Waals surface area contributed by atoms with Crippen LogP contribution in [0, 0.1) is 5.82 Å². The fourth-order valence-electron chi connectivity index (χ4n) is 1.76. The van der Waals surface area contributed by atoms with Crippen LogP contribution in [0.2, 0.25) is 0 Å². The Kier molecular flexibility index (Phi) is 5.65. The molecule has 4 nitrogen and oxygen atoms in total. The van der Waals surface area contributed by atoms with Crippen molar-refractivity contribution in [3.05, 3.63) is 70.0 Å². The number of halogens is 2. The Bertz CT molecular complexity index is 754. The third-order valence-electron chi connectivity index (χ3n) is 2.87. The first-order valence-electron chi connectivity index (χ1n) is 6.56. The van der Waals surface area contributed by atoms with Crippen molar-refractivity contribution in [2.24, 2.45) is 0 Å². The van der Waals surface area contributed by atoms with E-state index in [9.17, 15) is 19.1 Å². The minimum Gasteiger partial charge on any atom is -0.546 e. The third-order valence-corrected chi connectivity index (χ3v) is 3.37. The van der Waals surface area contributed by atoms with Gasteiger partial charge in [0.05, 0.1) is 5.97 Å². The molecule has 0 saturated heterocycles. The van der Waals surface area contributed by atoms with Crippen molar-refractivity contribution in [2.45, 2.75) is 0 Å². The standard InChI is InChI=1S/C17H12BrFO4/c18-13-5-1-11(15(19)9-13)4-8-16(20)12-2-6-14(7-3-12)23-10-17(21)22/h1-9H,10H2,(H,21,22)/p-1/b8-4+. The van der Waals surface area contributed by atoms with Crippen molar-refractivity contribution in [1.82, 2.24) is 0 Å². The number of allylic oxidation sites excluding steroid dienone is 1. The van der Waals surface area contributed by atoms with Crippen molar-refractivity contribution < 1.29 is 23.8 Å². The van der Waals surface area contributed by atoms with Crippen LogP contribution in [0.1, 0.15) is 15.9 Å². The average molecular weight is 378 g/mol. The normalized spacial score (nSPS) is 10.7. The molecule has 0 unspecified atom stereocenters. The molecule has 23 heavy (non-hydrogen) atoms. The first-order valence-corrected chi connectivity index (χ1v) is 7.35. The molecule has 0 aliphatic carbocycles. The molecule has 2 aromatic carbocycles. The SMILES string of the molecule is O=C([O-])COc1ccc(C(=O)/C=C/c2ccc(Br)cc2F)cc1. The van der Waals surface area contributed by atoms with Gasteiger partial charge in [-0.3, -0.25) is 4.79 Å². The predicted octanol–water partition coefficient (Wildman–Crippen LogP) is 2.61. The zero-order valence-electron chi connectivity index (χ0n) is 11.8. The highest BCUT2D eigenvalue weighted by molar-refractivity contribution is 9.10. The van der Waals surface area contributed by atoms with Crippen LogP contribution in [0.25, 0.3) is 6.08 Å². The highest BCUT2D eigenvalue weighted by Crippen LogP contribution is 2.17. The van der Waals surface area contributed by atoms with Crippen LogP contribution in [0.5, 0.6) is 5.75 Å². The summed E-state index contributed by atoms with van der Waals surface area (Å²) in [5.41, 5.74) is 0.676. The molecule has 0 radical (unpaired) electrons. The Labute approximate surface area is 140 Å². The monoisotopic (exact) mass is 377 g/mol. The summed E-state index contributed by atoms with van der Waals surface area (Å²) in [6.45, 7) is -0.559. The van der Waals surface area contributed by atoms with Crippen LogP contribution in [-0.4, -0.2) is 18.4 Å². The average Bonchev–Trinajstić information content (AvgIpc) is 2.52. The molecule has 0 aromatic heterocycles. The molecule has 6 heteroatoms. The fourth-order valence-corrected chi connectivity index (χ4v) is 2.09. The van der Waals surface area contributed by atoms with Gasteiger partial charge >= 0.3 is 0 Å². The maximum atomic E-state index is 13.6. The summed E-state index contributed by atoms with van der Waals surface area (Å²) in [6.07, 6.45) is 2.66. The van der Waals surface area contributed by atoms with Crippen LogP contribution in [-0.2, 0) is 4.79 Å². The van der Waals surface area contributed by atoms with E-state index in [0.717, 1.165) is 0 Å². The van der Waals surface area contributed by atoms with E-state index in [1.807, 2.05) is 0 Å². The zero-order chi connectivity index (χ0) is 16.8. The fraction of sp³-hybridized carbons (Fsp3) is 0.0588. The highest BCUT2D eigenvalue weighted by atomic mass is 79.9. The van der Waals surface area contributed by atoms with E-state index in [0.29, 0.717) is 21.3 Å². The number of hydrogen-bond acceptors (Lipinski definition) is 4. The van der Waals surface area contributed by atoms with Crippen LogP contribution in [0.4, 0.5) is 4.39 Å². The number of aliphatic carboxylic acids is 1. The van der Waals surface area contributed by atoms with Crippen molar-refractivity contribution in [3.63, 3.8) is 0 Å². The van der Waals surface area contributed by atoms with Gasteiger partial charge in [0.25, 0.3) is 0 Å². The molecule has 0 fully saturated rings. The summed E-state index contributed by atoms with van der Waals surface area (Å²) in [6, 6.07) is 10.5. The summed E-state index contributed by atoms with van der Waals surface area (Å²) in [7, 11) is 0. The van der Waals surface area contributed by atoms with E-state index < -0.39 is 18.4 Å². The predicted molar refractivity (Wildman–Crippen MR) is 84.4 cm³/mol. The molecular formula is C17H11BrFO4-. The number of rotatable bonds is 6. The molecule has 2 aromatic rings. The van der Waals surface area contributed by atoms with E-state index in [1.54, 1.807) is 12.1 Å². The molecule has 0 heterocycles. The van der Waals surface area contributed by atoms with Gasteiger partial charge in [0.15, 0.2) is 5.78 Å². The van der Waals surface area contributed by atoms with Gasteiger partial charge in [-0.25, -0.2) is 4.39 Å². The van der Waals surface area contributed by atoms with Crippen molar-refractivity contribution in [2.75, 3.05) is 6.61 Å². The molecule has 118 valence electrons. The van der Waals surface area contributed by atoms with Gasteiger partial charge in [-0.2, -0.15) is 0 Å². The minimum absolute atomic E-state index is 0.301. The Hall–Kier alpha value is -2.47. The molecule has 0 atom stereocenters. The number of ketones is 1. The second-order valence-electron chi connectivity index (χ2n) is 4.55. The number of carboxylic acids is 1. The van der Waals surface area contributed by atoms with Crippen LogP contribution in [0.15, 0.2) is 53.0 Å². The lowest BCUT2D eigenvalue weighted by molar-refractivity contribution is -0.307. The van der Waals surface area contributed by atoms with Crippen LogP contribution in [0.3, 0.4) is 0 Å². The van der Waals surface area contributed by atoms with Gasteiger partial charge in [-0.1, -0.05) is 22.0 Å². The number of carbonyl (C=O) groups excluding carboxylic acids is 2. The Morgan fingerprint density at radius 3 is 2.48 bits per heavy atom. The highest BCUT2D eigenvalue weighted by Gasteiger charge is 2.04. The maximum Gasteiger partial charge on any atom is 0.185 e. The molecule has 0 bridgehead atoms. The summed E-state index contributed by atoms with van der Waals surface area (Å²) in [5, 5.41) is 10.3. The van der Waals surface area contributed by atoms with Gasteiger partial charge in [0, 0.05) is 15.6 Å². The Morgan fingerprint density at radius 2 is 1.87 bits per heavy atom. The van der Waals surface area contributed by atoms with Gasteiger partial charge in [0.1, 0.15) is 18.2 Å². The molecule has 0 spiro atoms.